The van der Waals surface area contributed by atoms with Gasteiger partial charge in [0.15, 0.2) is 0 Å². The average molecular weight is 278 g/mol. The standard InChI is InChI=1S/C14H22N4O2/c1-14(2,20)10-17-6-7-18(13(19)9-17)11-4-5-12(15-3)16-8-11/h4-5,8,20H,6-7,9-10H2,1-3H3,(H,15,16). The van der Waals surface area contributed by atoms with E-state index in [2.05, 4.69) is 10.3 Å². The number of piperazine rings is 1. The molecule has 0 saturated carbocycles. The number of hydrogen-bond donors (Lipinski definition) is 2. The van der Waals surface area contributed by atoms with E-state index in [0.717, 1.165) is 18.1 Å². The van der Waals surface area contributed by atoms with Gasteiger partial charge in [-0.1, -0.05) is 0 Å². The van der Waals surface area contributed by atoms with Crippen molar-refractivity contribution in [3.05, 3.63) is 18.3 Å². The molecule has 0 atom stereocenters. The number of β-amino-alcohol motifs (C(OH)–C–C–N with tert-alkyl or cyclic N) is 1. The van der Waals surface area contributed by atoms with Crippen molar-refractivity contribution in [3.8, 4) is 0 Å². The van der Waals surface area contributed by atoms with Gasteiger partial charge >= 0.3 is 0 Å². The van der Waals surface area contributed by atoms with E-state index in [0.29, 0.717) is 19.6 Å². The average Bonchev–Trinajstić information content (AvgIpc) is 2.37. The van der Waals surface area contributed by atoms with Crippen molar-refractivity contribution in [2.24, 2.45) is 0 Å². The molecule has 1 aliphatic rings. The molecule has 0 aliphatic carbocycles. The molecule has 0 bridgehead atoms. The molecule has 6 nitrogen and oxygen atoms in total. The van der Waals surface area contributed by atoms with Crippen molar-refractivity contribution in [3.63, 3.8) is 0 Å². The quantitative estimate of drug-likeness (QED) is 0.841. The molecule has 0 unspecified atom stereocenters. The van der Waals surface area contributed by atoms with Crippen LogP contribution < -0.4 is 10.2 Å². The first-order valence-corrected chi connectivity index (χ1v) is 6.78. The first kappa shape index (κ1) is 14.7. The molecule has 1 saturated heterocycles. The molecule has 110 valence electrons. The van der Waals surface area contributed by atoms with E-state index in [1.165, 1.54) is 0 Å². The van der Waals surface area contributed by atoms with Crippen LogP contribution in [0, 0.1) is 0 Å². The molecule has 1 aromatic heterocycles. The number of carbonyl (C=O) groups is 1. The maximum absolute atomic E-state index is 12.2. The lowest BCUT2D eigenvalue weighted by Crippen LogP contribution is -2.53. The minimum Gasteiger partial charge on any atom is -0.389 e. The van der Waals surface area contributed by atoms with E-state index in [4.69, 9.17) is 0 Å². The minimum absolute atomic E-state index is 0.0412. The molecule has 0 spiro atoms. The predicted molar refractivity (Wildman–Crippen MR) is 78.9 cm³/mol. The summed E-state index contributed by atoms with van der Waals surface area (Å²) in [4.78, 5) is 20.2. The number of aromatic nitrogens is 1. The van der Waals surface area contributed by atoms with Gasteiger partial charge in [0.1, 0.15) is 5.82 Å². The van der Waals surface area contributed by atoms with Crippen LogP contribution in [0.4, 0.5) is 11.5 Å². The Bertz CT molecular complexity index is 467. The number of nitrogens with zero attached hydrogens (tertiary/aromatic N) is 3. The Morgan fingerprint density at radius 2 is 2.15 bits per heavy atom. The fourth-order valence-electron chi connectivity index (χ4n) is 2.37. The molecule has 6 heteroatoms. The van der Waals surface area contributed by atoms with Crippen LogP contribution in [-0.4, -0.2) is 59.7 Å². The first-order valence-electron chi connectivity index (χ1n) is 6.78. The summed E-state index contributed by atoms with van der Waals surface area (Å²) in [7, 11) is 1.81. The molecule has 20 heavy (non-hydrogen) atoms. The van der Waals surface area contributed by atoms with Crippen LogP contribution in [0.25, 0.3) is 0 Å². The fourth-order valence-corrected chi connectivity index (χ4v) is 2.37. The van der Waals surface area contributed by atoms with Gasteiger partial charge in [-0.15, -0.1) is 0 Å². The monoisotopic (exact) mass is 278 g/mol. The third-order valence-electron chi connectivity index (χ3n) is 3.23. The van der Waals surface area contributed by atoms with E-state index in [1.54, 1.807) is 24.9 Å². The molecular formula is C14H22N4O2. The van der Waals surface area contributed by atoms with Crippen LogP contribution in [0.2, 0.25) is 0 Å². The Morgan fingerprint density at radius 3 is 2.65 bits per heavy atom. The SMILES string of the molecule is CNc1ccc(N2CCN(CC(C)(C)O)CC2=O)cn1. The van der Waals surface area contributed by atoms with Gasteiger partial charge in [0.2, 0.25) is 5.91 Å². The highest BCUT2D eigenvalue weighted by molar-refractivity contribution is 5.95. The molecule has 0 radical (unpaired) electrons. The van der Waals surface area contributed by atoms with Crippen LogP contribution in [0.1, 0.15) is 13.8 Å². The second kappa shape index (κ2) is 5.76. The third-order valence-corrected chi connectivity index (χ3v) is 3.23. The minimum atomic E-state index is -0.779. The largest absolute Gasteiger partial charge is 0.389 e. The van der Waals surface area contributed by atoms with Crippen LogP contribution >= 0.6 is 0 Å². The lowest BCUT2D eigenvalue weighted by molar-refractivity contribution is -0.122. The maximum atomic E-state index is 12.2. The van der Waals surface area contributed by atoms with Crippen LogP contribution in [0.5, 0.6) is 0 Å². The summed E-state index contributed by atoms with van der Waals surface area (Å²) >= 11 is 0. The Morgan fingerprint density at radius 1 is 1.40 bits per heavy atom. The number of carbonyl (C=O) groups excluding carboxylic acids is 1. The number of aliphatic hydroxyl groups is 1. The maximum Gasteiger partial charge on any atom is 0.241 e. The molecule has 1 aliphatic heterocycles. The summed E-state index contributed by atoms with van der Waals surface area (Å²) < 4.78 is 0. The van der Waals surface area contributed by atoms with E-state index in [-0.39, 0.29) is 5.91 Å². The molecule has 1 aromatic rings. The smallest absolute Gasteiger partial charge is 0.241 e. The van der Waals surface area contributed by atoms with Crippen molar-refractivity contribution in [2.45, 2.75) is 19.4 Å². The lowest BCUT2D eigenvalue weighted by Gasteiger charge is -2.36. The topological polar surface area (TPSA) is 68.7 Å². The van der Waals surface area contributed by atoms with Crippen molar-refractivity contribution >= 4 is 17.4 Å². The summed E-state index contributed by atoms with van der Waals surface area (Å²) in [6.45, 7) is 5.72. The fraction of sp³-hybridized carbons (Fsp3) is 0.571. The molecular weight excluding hydrogens is 256 g/mol. The molecule has 1 amide bonds. The number of hydrogen-bond acceptors (Lipinski definition) is 5. The molecule has 2 rings (SSSR count). The normalized spacial score (nSPS) is 17.4. The zero-order valence-corrected chi connectivity index (χ0v) is 12.3. The van der Waals surface area contributed by atoms with E-state index >= 15 is 0 Å². The Hall–Kier alpha value is -1.66. The van der Waals surface area contributed by atoms with Gasteiger partial charge in [-0.2, -0.15) is 0 Å². The summed E-state index contributed by atoms with van der Waals surface area (Å²) in [6.07, 6.45) is 1.70. The molecule has 2 N–H and O–H groups in total. The molecule has 0 aromatic carbocycles. The zero-order chi connectivity index (χ0) is 14.8. The molecule has 1 fully saturated rings. The summed E-state index contributed by atoms with van der Waals surface area (Å²) in [5.41, 5.74) is 0.0373. The van der Waals surface area contributed by atoms with Crippen molar-refractivity contribution in [1.82, 2.24) is 9.88 Å². The van der Waals surface area contributed by atoms with Gasteiger partial charge in [0.05, 0.1) is 24.0 Å². The van der Waals surface area contributed by atoms with Crippen LogP contribution in [0.15, 0.2) is 18.3 Å². The predicted octanol–water partition coefficient (Wildman–Crippen LogP) is 0.543. The van der Waals surface area contributed by atoms with Gasteiger partial charge in [-0.05, 0) is 26.0 Å². The zero-order valence-electron chi connectivity index (χ0n) is 12.3. The van der Waals surface area contributed by atoms with Gasteiger partial charge in [0.25, 0.3) is 0 Å². The van der Waals surface area contributed by atoms with Crippen molar-refractivity contribution < 1.29 is 9.90 Å². The highest BCUT2D eigenvalue weighted by Gasteiger charge is 2.28. The highest BCUT2D eigenvalue weighted by atomic mass is 16.3. The number of nitrogens with one attached hydrogen (secondary N) is 1. The number of anilines is 2. The van der Waals surface area contributed by atoms with E-state index in [1.807, 2.05) is 24.1 Å². The van der Waals surface area contributed by atoms with Gasteiger partial charge in [-0.25, -0.2) is 4.98 Å². The number of pyridine rings is 1. The van der Waals surface area contributed by atoms with Crippen molar-refractivity contribution in [1.29, 1.82) is 0 Å². The van der Waals surface area contributed by atoms with Crippen LogP contribution in [0.3, 0.4) is 0 Å². The van der Waals surface area contributed by atoms with Gasteiger partial charge < -0.3 is 15.3 Å². The van der Waals surface area contributed by atoms with Gasteiger partial charge in [-0.3, -0.25) is 9.69 Å². The Kier molecular flexibility index (Phi) is 4.25. The van der Waals surface area contributed by atoms with E-state index in [9.17, 15) is 9.90 Å². The summed E-state index contributed by atoms with van der Waals surface area (Å²) in [5.74, 6) is 0.821. The second-order valence-corrected chi connectivity index (χ2v) is 5.72. The number of rotatable bonds is 4. The first-order chi connectivity index (χ1) is 9.39. The second-order valence-electron chi connectivity index (χ2n) is 5.72. The van der Waals surface area contributed by atoms with Crippen molar-refractivity contribution in [2.75, 3.05) is 43.4 Å². The number of amides is 1. The highest BCUT2D eigenvalue weighted by Crippen LogP contribution is 2.18. The van der Waals surface area contributed by atoms with Gasteiger partial charge in [0, 0.05) is 26.7 Å². The van der Waals surface area contributed by atoms with Crippen LogP contribution in [-0.2, 0) is 4.79 Å². The Balaban J connectivity index is 2.00. The summed E-state index contributed by atoms with van der Waals surface area (Å²) in [6, 6.07) is 3.74. The third kappa shape index (κ3) is 3.68. The van der Waals surface area contributed by atoms with E-state index < -0.39 is 5.60 Å². The summed E-state index contributed by atoms with van der Waals surface area (Å²) in [5, 5.41) is 12.8. The Labute approximate surface area is 119 Å². The molecule has 2 heterocycles. The lowest BCUT2D eigenvalue weighted by atomic mass is 10.1.